The number of rotatable bonds is 6. The molecule has 0 saturated carbocycles. The van der Waals surface area contributed by atoms with Crippen molar-refractivity contribution in [1.82, 2.24) is 4.90 Å². The van der Waals surface area contributed by atoms with Crippen molar-refractivity contribution in [3.63, 3.8) is 0 Å². The van der Waals surface area contributed by atoms with E-state index in [1.165, 1.54) is 0 Å². The van der Waals surface area contributed by atoms with E-state index in [0.717, 1.165) is 63.6 Å². The summed E-state index contributed by atoms with van der Waals surface area (Å²) in [5.41, 5.74) is 0.0201. The first-order chi connectivity index (χ1) is 11.6. The Morgan fingerprint density at radius 1 is 1.25 bits per heavy atom. The first kappa shape index (κ1) is 17.7. The number of aliphatic hydroxyl groups is 1. The number of hydrogen-bond acceptors (Lipinski definition) is 4. The summed E-state index contributed by atoms with van der Waals surface area (Å²) in [5, 5.41) is 10.2. The summed E-state index contributed by atoms with van der Waals surface area (Å²) >= 11 is 0. The highest BCUT2D eigenvalue weighted by Gasteiger charge is 2.25. The van der Waals surface area contributed by atoms with E-state index in [1.807, 2.05) is 0 Å². The van der Waals surface area contributed by atoms with Crippen LogP contribution in [0.5, 0.6) is 0 Å². The summed E-state index contributed by atoms with van der Waals surface area (Å²) in [6.07, 6.45) is 3.38. The van der Waals surface area contributed by atoms with Crippen LogP contribution in [0.4, 0.5) is 8.78 Å². The van der Waals surface area contributed by atoms with Crippen molar-refractivity contribution in [1.29, 1.82) is 0 Å². The van der Waals surface area contributed by atoms with Gasteiger partial charge in [-0.05, 0) is 43.9 Å². The van der Waals surface area contributed by atoms with Crippen molar-refractivity contribution in [3.05, 3.63) is 35.4 Å². The van der Waals surface area contributed by atoms with Crippen LogP contribution in [0.15, 0.2) is 18.2 Å². The van der Waals surface area contributed by atoms with Gasteiger partial charge in [0.1, 0.15) is 11.6 Å². The van der Waals surface area contributed by atoms with E-state index < -0.39 is 17.7 Å². The normalized spacial score (nSPS) is 24.4. The lowest BCUT2D eigenvalue weighted by Gasteiger charge is -2.33. The van der Waals surface area contributed by atoms with Crippen LogP contribution in [-0.4, -0.2) is 55.1 Å². The third-order valence-electron chi connectivity index (χ3n) is 4.82. The lowest BCUT2D eigenvalue weighted by atomic mass is 10.0. The molecule has 2 aliphatic heterocycles. The van der Waals surface area contributed by atoms with Crippen LogP contribution in [0.25, 0.3) is 0 Å². The maximum absolute atomic E-state index is 13.7. The quantitative estimate of drug-likeness (QED) is 0.864. The molecule has 0 amide bonds. The summed E-state index contributed by atoms with van der Waals surface area (Å²) in [7, 11) is 0. The van der Waals surface area contributed by atoms with E-state index in [2.05, 4.69) is 4.90 Å². The molecule has 6 heteroatoms. The number of halogens is 2. The fourth-order valence-corrected chi connectivity index (χ4v) is 3.39. The van der Waals surface area contributed by atoms with Gasteiger partial charge in [0, 0.05) is 31.8 Å². The molecule has 24 heavy (non-hydrogen) atoms. The van der Waals surface area contributed by atoms with E-state index in [1.54, 1.807) is 0 Å². The minimum atomic E-state index is -1.02. The van der Waals surface area contributed by atoms with E-state index in [9.17, 15) is 13.9 Å². The Morgan fingerprint density at radius 3 is 2.75 bits per heavy atom. The van der Waals surface area contributed by atoms with Crippen LogP contribution in [0, 0.1) is 11.6 Å². The van der Waals surface area contributed by atoms with Gasteiger partial charge in [0.2, 0.25) is 0 Å². The van der Waals surface area contributed by atoms with Crippen LogP contribution in [-0.2, 0) is 9.47 Å². The lowest BCUT2D eigenvalue weighted by molar-refractivity contribution is -0.0454. The molecule has 4 nitrogen and oxygen atoms in total. The van der Waals surface area contributed by atoms with Crippen molar-refractivity contribution in [2.24, 2.45) is 0 Å². The first-order valence-corrected chi connectivity index (χ1v) is 8.70. The highest BCUT2D eigenvalue weighted by Crippen LogP contribution is 2.22. The summed E-state index contributed by atoms with van der Waals surface area (Å²) in [5.74, 6) is -1.11. The van der Waals surface area contributed by atoms with Gasteiger partial charge >= 0.3 is 0 Å². The van der Waals surface area contributed by atoms with Gasteiger partial charge in [-0.1, -0.05) is 0 Å². The average Bonchev–Trinajstić information content (AvgIpc) is 3.10. The van der Waals surface area contributed by atoms with Crippen molar-refractivity contribution in [3.8, 4) is 0 Å². The highest BCUT2D eigenvalue weighted by atomic mass is 19.1. The molecule has 0 radical (unpaired) electrons. The van der Waals surface area contributed by atoms with Crippen molar-refractivity contribution in [2.75, 3.05) is 32.8 Å². The minimum absolute atomic E-state index is 0.0201. The fourth-order valence-electron chi connectivity index (χ4n) is 3.39. The second-order valence-electron chi connectivity index (χ2n) is 6.65. The third kappa shape index (κ3) is 4.72. The smallest absolute Gasteiger partial charge is 0.129 e. The highest BCUT2D eigenvalue weighted by molar-refractivity contribution is 5.21. The maximum atomic E-state index is 13.7. The van der Waals surface area contributed by atoms with Crippen LogP contribution in [0.3, 0.4) is 0 Å². The molecule has 134 valence electrons. The van der Waals surface area contributed by atoms with Gasteiger partial charge in [0.25, 0.3) is 0 Å². The second-order valence-corrected chi connectivity index (χ2v) is 6.65. The number of piperidine rings is 1. The van der Waals surface area contributed by atoms with Gasteiger partial charge < -0.3 is 19.5 Å². The molecule has 1 aromatic carbocycles. The molecular formula is C18H25F2NO3. The Kier molecular flexibility index (Phi) is 6.16. The molecular weight excluding hydrogens is 316 g/mol. The molecule has 2 saturated heterocycles. The number of β-amino-alcohol motifs (C(OH)–C–C–N with tert-alkyl or cyclic N) is 1. The SMILES string of the molecule is OC(CN1CCC(OCC2CCCO2)CC1)c1cc(F)ccc1F. The predicted molar refractivity (Wildman–Crippen MR) is 85.7 cm³/mol. The number of aliphatic hydroxyl groups excluding tert-OH is 1. The molecule has 1 N–H and O–H groups in total. The minimum Gasteiger partial charge on any atom is -0.387 e. The van der Waals surface area contributed by atoms with Crippen LogP contribution in [0.2, 0.25) is 0 Å². The van der Waals surface area contributed by atoms with Crippen LogP contribution in [0.1, 0.15) is 37.4 Å². The number of hydrogen-bond donors (Lipinski definition) is 1. The third-order valence-corrected chi connectivity index (χ3v) is 4.82. The van der Waals surface area contributed by atoms with Crippen molar-refractivity contribution < 1.29 is 23.4 Å². The van der Waals surface area contributed by atoms with Crippen LogP contribution >= 0.6 is 0 Å². The molecule has 1 aromatic rings. The Hall–Kier alpha value is -1.08. The fraction of sp³-hybridized carbons (Fsp3) is 0.667. The van der Waals surface area contributed by atoms with Gasteiger partial charge in [0.15, 0.2) is 0 Å². The topological polar surface area (TPSA) is 41.9 Å². The molecule has 2 fully saturated rings. The molecule has 0 spiro atoms. The van der Waals surface area contributed by atoms with Crippen molar-refractivity contribution in [2.45, 2.75) is 44.0 Å². The maximum Gasteiger partial charge on any atom is 0.129 e. The molecule has 3 rings (SSSR count). The zero-order valence-electron chi connectivity index (χ0n) is 13.8. The first-order valence-electron chi connectivity index (χ1n) is 8.70. The molecule has 0 aromatic heterocycles. The molecule has 2 unspecified atom stereocenters. The monoisotopic (exact) mass is 341 g/mol. The molecule has 2 heterocycles. The zero-order chi connectivity index (χ0) is 16.9. The predicted octanol–water partition coefficient (Wildman–Crippen LogP) is 2.66. The molecule has 2 aliphatic rings. The van der Waals surface area contributed by atoms with Gasteiger partial charge in [-0.2, -0.15) is 0 Å². The van der Waals surface area contributed by atoms with E-state index in [4.69, 9.17) is 9.47 Å². The number of likely N-dealkylation sites (tertiary alicyclic amines) is 1. The standard InChI is InChI=1S/C18H25F2NO3/c19-13-3-4-17(20)16(10-13)18(22)11-21-7-5-14(6-8-21)24-12-15-2-1-9-23-15/h3-4,10,14-15,18,22H,1-2,5-9,11-12H2. The second kappa shape index (κ2) is 8.34. The van der Waals surface area contributed by atoms with Crippen molar-refractivity contribution >= 4 is 0 Å². The van der Waals surface area contributed by atoms with E-state index >= 15 is 0 Å². The lowest BCUT2D eigenvalue weighted by Crippen LogP contribution is -2.40. The number of nitrogens with zero attached hydrogens (tertiary/aromatic N) is 1. The van der Waals surface area contributed by atoms with Gasteiger partial charge in [0.05, 0.1) is 24.9 Å². The Morgan fingerprint density at radius 2 is 2.04 bits per heavy atom. The molecule has 2 atom stereocenters. The van der Waals surface area contributed by atoms with Gasteiger partial charge in [-0.3, -0.25) is 0 Å². The van der Waals surface area contributed by atoms with Gasteiger partial charge in [-0.25, -0.2) is 8.78 Å². The summed E-state index contributed by atoms with van der Waals surface area (Å²) in [6, 6.07) is 3.18. The van der Waals surface area contributed by atoms with E-state index in [-0.39, 0.29) is 17.8 Å². The number of benzene rings is 1. The molecule has 0 aliphatic carbocycles. The summed E-state index contributed by atoms with van der Waals surface area (Å²) in [6.45, 7) is 3.36. The van der Waals surface area contributed by atoms with Crippen LogP contribution < -0.4 is 0 Å². The largest absolute Gasteiger partial charge is 0.387 e. The number of ether oxygens (including phenoxy) is 2. The average molecular weight is 341 g/mol. The van der Waals surface area contributed by atoms with Gasteiger partial charge in [-0.15, -0.1) is 0 Å². The Balaban J connectivity index is 1.42. The summed E-state index contributed by atoms with van der Waals surface area (Å²) < 4.78 is 38.4. The Bertz CT molecular complexity index is 529. The zero-order valence-corrected chi connectivity index (χ0v) is 13.8. The molecule has 0 bridgehead atoms. The Labute approximate surface area is 141 Å². The van der Waals surface area contributed by atoms with E-state index in [0.29, 0.717) is 13.2 Å². The summed E-state index contributed by atoms with van der Waals surface area (Å²) in [4.78, 5) is 2.07.